The van der Waals surface area contributed by atoms with Crippen LogP contribution in [0.15, 0.2) is 53.1 Å². The van der Waals surface area contributed by atoms with E-state index in [0.717, 1.165) is 35.4 Å². The molecule has 150 valence electrons. The Labute approximate surface area is 174 Å². The number of furan rings is 1. The lowest BCUT2D eigenvalue weighted by Crippen LogP contribution is -2.27. The van der Waals surface area contributed by atoms with Crippen molar-refractivity contribution in [3.8, 4) is 0 Å². The van der Waals surface area contributed by atoms with Gasteiger partial charge in [0, 0.05) is 42.5 Å². The van der Waals surface area contributed by atoms with Gasteiger partial charge in [-0.05, 0) is 44.0 Å². The van der Waals surface area contributed by atoms with Gasteiger partial charge in [-0.2, -0.15) is 5.10 Å². The molecule has 0 spiro atoms. The standard InChI is InChI=1S/C22H23ClN4O2/c1-15-12-16(2)27(25-15)10-3-9-24-22(28)20-13-21-19(8-11-29-21)26(20)14-17-4-6-18(23)7-5-17/h4-8,11-13H,3,9-10,14H2,1-2H3,(H,24,28). The predicted octanol–water partition coefficient (Wildman–Crippen LogP) is 4.57. The Morgan fingerprint density at radius 3 is 2.69 bits per heavy atom. The van der Waals surface area contributed by atoms with Crippen molar-refractivity contribution in [3.63, 3.8) is 0 Å². The van der Waals surface area contributed by atoms with Crippen LogP contribution in [0.5, 0.6) is 0 Å². The van der Waals surface area contributed by atoms with Gasteiger partial charge in [-0.25, -0.2) is 0 Å². The summed E-state index contributed by atoms with van der Waals surface area (Å²) in [5.74, 6) is -0.112. The number of rotatable bonds is 7. The first-order chi connectivity index (χ1) is 14.0. The molecular formula is C22H23ClN4O2. The van der Waals surface area contributed by atoms with Crippen LogP contribution in [0.1, 0.15) is 33.9 Å². The number of benzene rings is 1. The third-order valence-corrected chi connectivity index (χ3v) is 5.20. The third kappa shape index (κ3) is 4.22. The average molecular weight is 411 g/mol. The van der Waals surface area contributed by atoms with Crippen LogP contribution in [-0.4, -0.2) is 26.8 Å². The molecule has 1 amide bonds. The zero-order chi connectivity index (χ0) is 20.4. The highest BCUT2D eigenvalue weighted by atomic mass is 35.5. The van der Waals surface area contributed by atoms with Gasteiger partial charge >= 0.3 is 0 Å². The largest absolute Gasteiger partial charge is 0.463 e. The summed E-state index contributed by atoms with van der Waals surface area (Å²) >= 11 is 5.99. The van der Waals surface area contributed by atoms with E-state index in [1.807, 2.05) is 53.4 Å². The number of aryl methyl sites for hydroxylation is 3. The molecule has 29 heavy (non-hydrogen) atoms. The molecule has 4 aromatic rings. The number of halogens is 1. The van der Waals surface area contributed by atoms with Gasteiger partial charge in [0.15, 0.2) is 5.58 Å². The van der Waals surface area contributed by atoms with Crippen LogP contribution in [0.2, 0.25) is 5.02 Å². The molecule has 0 aliphatic carbocycles. The number of fused-ring (bicyclic) bond motifs is 1. The van der Waals surface area contributed by atoms with Crippen molar-refractivity contribution in [2.45, 2.75) is 33.4 Å². The quantitative estimate of drug-likeness (QED) is 0.454. The van der Waals surface area contributed by atoms with E-state index in [1.54, 1.807) is 12.3 Å². The van der Waals surface area contributed by atoms with Gasteiger partial charge in [0.25, 0.3) is 5.91 Å². The Morgan fingerprint density at radius 2 is 1.97 bits per heavy atom. The molecule has 3 aromatic heterocycles. The van der Waals surface area contributed by atoms with Crippen molar-refractivity contribution in [2.75, 3.05) is 6.54 Å². The molecule has 7 heteroatoms. The van der Waals surface area contributed by atoms with Crippen LogP contribution in [0, 0.1) is 13.8 Å². The van der Waals surface area contributed by atoms with E-state index in [1.165, 1.54) is 0 Å². The number of nitrogens with one attached hydrogen (secondary N) is 1. The second-order valence-corrected chi connectivity index (χ2v) is 7.61. The molecule has 0 saturated carbocycles. The molecule has 0 bridgehead atoms. The summed E-state index contributed by atoms with van der Waals surface area (Å²) in [7, 11) is 0. The van der Waals surface area contributed by atoms with Gasteiger partial charge in [0.05, 0.1) is 17.5 Å². The van der Waals surface area contributed by atoms with Crippen LogP contribution in [0.4, 0.5) is 0 Å². The highest BCUT2D eigenvalue weighted by molar-refractivity contribution is 6.30. The smallest absolute Gasteiger partial charge is 0.268 e. The summed E-state index contributed by atoms with van der Waals surface area (Å²) < 4.78 is 9.45. The summed E-state index contributed by atoms with van der Waals surface area (Å²) in [5, 5.41) is 8.16. The fourth-order valence-electron chi connectivity index (χ4n) is 3.53. The molecule has 0 saturated heterocycles. The lowest BCUT2D eigenvalue weighted by molar-refractivity contribution is 0.0944. The van der Waals surface area contributed by atoms with E-state index in [2.05, 4.69) is 16.5 Å². The van der Waals surface area contributed by atoms with Crippen molar-refractivity contribution >= 4 is 28.6 Å². The first kappa shape index (κ1) is 19.3. The lowest BCUT2D eigenvalue weighted by Gasteiger charge is -2.11. The Balaban J connectivity index is 1.45. The Bertz CT molecular complexity index is 1140. The number of aromatic nitrogens is 3. The van der Waals surface area contributed by atoms with Crippen molar-refractivity contribution in [1.29, 1.82) is 0 Å². The molecule has 0 radical (unpaired) electrons. The summed E-state index contributed by atoms with van der Waals surface area (Å²) in [6, 6.07) is 13.4. The summed E-state index contributed by atoms with van der Waals surface area (Å²) in [6.07, 6.45) is 2.45. The van der Waals surface area contributed by atoms with Crippen LogP contribution >= 0.6 is 11.6 Å². The molecule has 0 aliphatic rings. The molecule has 1 aromatic carbocycles. The normalized spacial score (nSPS) is 11.3. The minimum absolute atomic E-state index is 0.112. The maximum Gasteiger partial charge on any atom is 0.268 e. The topological polar surface area (TPSA) is 65.0 Å². The van der Waals surface area contributed by atoms with Crippen LogP contribution in [0.25, 0.3) is 11.1 Å². The SMILES string of the molecule is Cc1cc(C)n(CCCNC(=O)c2cc3occc3n2Cc2ccc(Cl)cc2)n1. The molecule has 1 N–H and O–H groups in total. The first-order valence-corrected chi connectivity index (χ1v) is 9.99. The van der Waals surface area contributed by atoms with Crippen LogP contribution < -0.4 is 5.32 Å². The van der Waals surface area contributed by atoms with Crippen molar-refractivity contribution < 1.29 is 9.21 Å². The number of carbonyl (C=O) groups is 1. The maximum atomic E-state index is 12.8. The first-order valence-electron chi connectivity index (χ1n) is 9.61. The van der Waals surface area contributed by atoms with E-state index in [0.29, 0.717) is 29.4 Å². The average Bonchev–Trinajstić information content (AvgIpc) is 3.36. The van der Waals surface area contributed by atoms with Crippen LogP contribution in [-0.2, 0) is 13.1 Å². The fourth-order valence-corrected chi connectivity index (χ4v) is 3.66. The highest BCUT2D eigenvalue weighted by Gasteiger charge is 2.17. The number of hydrogen-bond acceptors (Lipinski definition) is 3. The van der Waals surface area contributed by atoms with Gasteiger partial charge < -0.3 is 14.3 Å². The predicted molar refractivity (Wildman–Crippen MR) is 113 cm³/mol. The van der Waals surface area contributed by atoms with E-state index >= 15 is 0 Å². The van der Waals surface area contributed by atoms with Gasteiger partial charge in [-0.3, -0.25) is 9.48 Å². The zero-order valence-corrected chi connectivity index (χ0v) is 17.2. The van der Waals surface area contributed by atoms with Crippen LogP contribution in [0.3, 0.4) is 0 Å². The minimum atomic E-state index is -0.112. The molecule has 4 rings (SSSR count). The number of nitrogens with zero attached hydrogens (tertiary/aromatic N) is 3. The number of hydrogen-bond donors (Lipinski definition) is 1. The van der Waals surface area contributed by atoms with Crippen molar-refractivity contribution in [2.24, 2.45) is 0 Å². The van der Waals surface area contributed by atoms with E-state index in [-0.39, 0.29) is 5.91 Å². The lowest BCUT2D eigenvalue weighted by atomic mass is 10.2. The van der Waals surface area contributed by atoms with Crippen molar-refractivity contribution in [1.82, 2.24) is 19.7 Å². The van der Waals surface area contributed by atoms with E-state index in [4.69, 9.17) is 16.0 Å². The monoisotopic (exact) mass is 410 g/mol. The highest BCUT2D eigenvalue weighted by Crippen LogP contribution is 2.23. The maximum absolute atomic E-state index is 12.8. The van der Waals surface area contributed by atoms with E-state index in [9.17, 15) is 4.79 Å². The number of amides is 1. The number of carbonyl (C=O) groups excluding carboxylic acids is 1. The minimum Gasteiger partial charge on any atom is -0.463 e. The molecule has 0 aliphatic heterocycles. The third-order valence-electron chi connectivity index (χ3n) is 4.94. The molecule has 0 fully saturated rings. The molecule has 3 heterocycles. The molecule has 0 unspecified atom stereocenters. The Kier molecular flexibility index (Phi) is 5.45. The zero-order valence-electron chi connectivity index (χ0n) is 16.5. The van der Waals surface area contributed by atoms with Gasteiger partial charge in [-0.15, -0.1) is 0 Å². The van der Waals surface area contributed by atoms with E-state index < -0.39 is 0 Å². The fraction of sp³-hybridized carbons (Fsp3) is 0.273. The van der Waals surface area contributed by atoms with Gasteiger partial charge in [0.2, 0.25) is 0 Å². The second kappa shape index (κ2) is 8.17. The Morgan fingerprint density at radius 1 is 1.17 bits per heavy atom. The molecule has 0 atom stereocenters. The molecular weight excluding hydrogens is 388 g/mol. The summed E-state index contributed by atoms with van der Waals surface area (Å²) in [4.78, 5) is 12.8. The second-order valence-electron chi connectivity index (χ2n) is 7.17. The molecule has 6 nitrogen and oxygen atoms in total. The Hall–Kier alpha value is -2.99. The van der Waals surface area contributed by atoms with Gasteiger partial charge in [0.1, 0.15) is 5.69 Å². The van der Waals surface area contributed by atoms with Gasteiger partial charge in [-0.1, -0.05) is 23.7 Å². The summed E-state index contributed by atoms with van der Waals surface area (Å²) in [5.41, 5.74) is 5.38. The van der Waals surface area contributed by atoms with Crippen molar-refractivity contribution in [3.05, 3.63) is 76.4 Å². The summed E-state index contributed by atoms with van der Waals surface area (Å²) in [6.45, 7) is 5.93.